The Bertz CT molecular complexity index is 789. The van der Waals surface area contributed by atoms with Crippen molar-refractivity contribution in [3.8, 4) is 5.75 Å². The average molecular weight is 371 g/mol. The molecule has 0 spiro atoms. The molecule has 3 nitrogen and oxygen atoms in total. The predicted molar refractivity (Wildman–Crippen MR) is 84.0 cm³/mol. The predicted octanol–water partition coefficient (Wildman–Crippen LogP) is 5.05. The van der Waals surface area contributed by atoms with Crippen LogP contribution in [-0.2, 0) is 11.0 Å². The minimum Gasteiger partial charge on any atom is -0.433 e. The number of ether oxygens (including phenoxy) is 1. The Hall–Kier alpha value is -2.64. The van der Waals surface area contributed by atoms with Crippen molar-refractivity contribution in [3.63, 3.8) is 0 Å². The lowest BCUT2D eigenvalue weighted by Crippen LogP contribution is -2.16. The van der Waals surface area contributed by atoms with Gasteiger partial charge in [0.15, 0.2) is 0 Å². The van der Waals surface area contributed by atoms with Crippen LogP contribution < -0.4 is 10.1 Å². The van der Waals surface area contributed by atoms with E-state index in [0.717, 1.165) is 12.1 Å². The van der Waals surface area contributed by atoms with Crippen molar-refractivity contribution in [1.29, 1.82) is 0 Å². The van der Waals surface area contributed by atoms with Crippen LogP contribution in [0, 0.1) is 5.92 Å². The molecule has 0 heterocycles. The molecule has 0 radical (unpaired) electrons. The molecule has 2 aromatic carbocycles. The van der Waals surface area contributed by atoms with E-state index in [-0.39, 0.29) is 23.3 Å². The molecule has 138 valence electrons. The van der Waals surface area contributed by atoms with E-state index in [1.54, 1.807) is 6.07 Å². The number of amides is 1. The van der Waals surface area contributed by atoms with Crippen LogP contribution in [0.5, 0.6) is 5.75 Å². The molecule has 1 saturated carbocycles. The van der Waals surface area contributed by atoms with Crippen molar-refractivity contribution in [2.24, 2.45) is 5.92 Å². The van der Waals surface area contributed by atoms with Gasteiger partial charge in [0.25, 0.3) is 0 Å². The van der Waals surface area contributed by atoms with E-state index in [0.29, 0.717) is 12.0 Å². The van der Waals surface area contributed by atoms with Crippen molar-refractivity contribution in [2.75, 3.05) is 5.32 Å². The van der Waals surface area contributed by atoms with E-state index in [1.165, 1.54) is 30.3 Å². The van der Waals surface area contributed by atoms with Gasteiger partial charge in [-0.25, -0.2) is 0 Å². The maximum absolute atomic E-state index is 12.6. The van der Waals surface area contributed by atoms with E-state index in [2.05, 4.69) is 10.1 Å². The lowest BCUT2D eigenvalue weighted by molar-refractivity contribution is -0.137. The Morgan fingerprint density at radius 1 is 1.08 bits per heavy atom. The largest absolute Gasteiger partial charge is 0.433 e. The highest BCUT2D eigenvalue weighted by Crippen LogP contribution is 2.48. The Morgan fingerprint density at radius 3 is 2.35 bits per heavy atom. The number of hydrogen-bond acceptors (Lipinski definition) is 2. The molecule has 0 saturated heterocycles. The van der Waals surface area contributed by atoms with Crippen LogP contribution in [-0.4, -0.2) is 12.5 Å². The summed E-state index contributed by atoms with van der Waals surface area (Å²) in [5.41, 5.74) is 0.00658. The molecule has 1 fully saturated rings. The Balaban J connectivity index is 1.65. The number of alkyl halides is 5. The number of anilines is 1. The number of para-hydroxylation sites is 2. The van der Waals surface area contributed by atoms with E-state index in [1.807, 2.05) is 0 Å². The van der Waals surface area contributed by atoms with Crippen LogP contribution in [0.2, 0.25) is 0 Å². The van der Waals surface area contributed by atoms with Crippen LogP contribution in [0.25, 0.3) is 0 Å². The van der Waals surface area contributed by atoms with E-state index < -0.39 is 24.3 Å². The first kappa shape index (κ1) is 18.2. The van der Waals surface area contributed by atoms with Crippen LogP contribution in [0.1, 0.15) is 23.5 Å². The number of halogens is 5. The van der Waals surface area contributed by atoms with Gasteiger partial charge in [-0.15, -0.1) is 0 Å². The van der Waals surface area contributed by atoms with Gasteiger partial charge in [-0.2, -0.15) is 22.0 Å². The zero-order valence-corrected chi connectivity index (χ0v) is 13.3. The smallest absolute Gasteiger partial charge is 0.416 e. The van der Waals surface area contributed by atoms with Gasteiger partial charge in [0.1, 0.15) is 5.75 Å². The first-order chi connectivity index (χ1) is 12.3. The molecule has 2 unspecified atom stereocenters. The highest BCUT2D eigenvalue weighted by atomic mass is 19.4. The molecule has 1 N–H and O–H groups in total. The summed E-state index contributed by atoms with van der Waals surface area (Å²) >= 11 is 0. The summed E-state index contributed by atoms with van der Waals surface area (Å²) in [6, 6.07) is 10.5. The fourth-order valence-corrected chi connectivity index (χ4v) is 2.77. The Morgan fingerprint density at radius 2 is 1.73 bits per heavy atom. The molecule has 2 atom stereocenters. The zero-order valence-electron chi connectivity index (χ0n) is 13.3. The number of nitrogens with one attached hydrogen (secondary N) is 1. The Kier molecular flexibility index (Phi) is 4.84. The fraction of sp³-hybridized carbons (Fsp3) is 0.278. The molecular weight excluding hydrogens is 357 g/mol. The molecule has 26 heavy (non-hydrogen) atoms. The van der Waals surface area contributed by atoms with Crippen LogP contribution in [0.3, 0.4) is 0 Å². The van der Waals surface area contributed by atoms with Crippen LogP contribution in [0.15, 0.2) is 48.5 Å². The van der Waals surface area contributed by atoms with Gasteiger partial charge in [0.05, 0.1) is 11.3 Å². The van der Waals surface area contributed by atoms with Gasteiger partial charge in [0.2, 0.25) is 5.91 Å². The van der Waals surface area contributed by atoms with Crippen molar-refractivity contribution in [1.82, 2.24) is 0 Å². The number of carbonyl (C=O) groups excluding carboxylic acids is 1. The van der Waals surface area contributed by atoms with Gasteiger partial charge in [-0.3, -0.25) is 4.79 Å². The summed E-state index contributed by atoms with van der Waals surface area (Å²) < 4.78 is 66.9. The molecule has 0 bridgehead atoms. The summed E-state index contributed by atoms with van der Waals surface area (Å²) in [5, 5.41) is 2.54. The third-order valence-corrected chi connectivity index (χ3v) is 4.15. The van der Waals surface area contributed by atoms with Crippen LogP contribution >= 0.6 is 0 Å². The molecule has 1 aliphatic rings. The van der Waals surface area contributed by atoms with Crippen LogP contribution in [0.4, 0.5) is 27.6 Å². The normalized spacial score (nSPS) is 19.3. The minimum atomic E-state index is -4.41. The molecule has 1 amide bonds. The second-order valence-corrected chi connectivity index (χ2v) is 5.93. The second-order valence-electron chi connectivity index (χ2n) is 5.93. The highest BCUT2D eigenvalue weighted by Gasteiger charge is 2.44. The zero-order chi connectivity index (χ0) is 18.9. The topological polar surface area (TPSA) is 38.3 Å². The molecule has 1 aliphatic carbocycles. The lowest BCUT2D eigenvalue weighted by Gasteiger charge is -2.11. The molecule has 0 aliphatic heterocycles. The van der Waals surface area contributed by atoms with Gasteiger partial charge >= 0.3 is 12.8 Å². The number of rotatable bonds is 5. The fourth-order valence-electron chi connectivity index (χ4n) is 2.77. The molecular formula is C18H14F5NO2. The maximum atomic E-state index is 12.6. The second kappa shape index (κ2) is 6.93. The van der Waals surface area contributed by atoms with Gasteiger partial charge in [-0.05, 0) is 42.2 Å². The average Bonchev–Trinajstić information content (AvgIpc) is 3.36. The number of benzene rings is 2. The lowest BCUT2D eigenvalue weighted by atomic mass is 10.1. The van der Waals surface area contributed by atoms with Crippen molar-refractivity contribution >= 4 is 11.6 Å². The monoisotopic (exact) mass is 371 g/mol. The van der Waals surface area contributed by atoms with Crippen molar-refractivity contribution in [2.45, 2.75) is 25.1 Å². The summed E-state index contributed by atoms with van der Waals surface area (Å²) in [4.78, 5) is 12.3. The standard InChI is InChI=1S/C18H14F5NO2/c19-17(20)26-15-4-2-1-3-14(15)24-16(25)13-9-12(13)10-5-7-11(8-6-10)18(21,22)23/h1-8,12-13,17H,9H2,(H,24,25). The third-order valence-electron chi connectivity index (χ3n) is 4.15. The molecule has 3 rings (SSSR count). The molecule has 2 aromatic rings. The summed E-state index contributed by atoms with van der Waals surface area (Å²) in [7, 11) is 0. The number of carbonyl (C=O) groups is 1. The van der Waals surface area contributed by atoms with E-state index in [9.17, 15) is 26.7 Å². The van der Waals surface area contributed by atoms with Gasteiger partial charge in [-0.1, -0.05) is 24.3 Å². The number of hydrogen-bond donors (Lipinski definition) is 1. The third kappa shape index (κ3) is 4.12. The Labute approximate surface area is 145 Å². The quantitative estimate of drug-likeness (QED) is 0.747. The SMILES string of the molecule is O=C(Nc1ccccc1OC(F)F)C1CC1c1ccc(C(F)(F)F)cc1. The van der Waals surface area contributed by atoms with Crippen molar-refractivity contribution < 1.29 is 31.5 Å². The summed E-state index contributed by atoms with van der Waals surface area (Å²) in [5.74, 6) is -1.16. The van der Waals surface area contributed by atoms with E-state index >= 15 is 0 Å². The highest BCUT2D eigenvalue weighted by molar-refractivity contribution is 5.96. The molecule has 0 aromatic heterocycles. The van der Waals surface area contributed by atoms with Crippen molar-refractivity contribution in [3.05, 3.63) is 59.7 Å². The molecule has 8 heteroatoms. The van der Waals surface area contributed by atoms with E-state index in [4.69, 9.17) is 0 Å². The first-order valence-corrected chi connectivity index (χ1v) is 7.77. The maximum Gasteiger partial charge on any atom is 0.416 e. The van der Waals surface area contributed by atoms with Gasteiger partial charge in [0, 0.05) is 5.92 Å². The van der Waals surface area contributed by atoms with Gasteiger partial charge < -0.3 is 10.1 Å². The first-order valence-electron chi connectivity index (χ1n) is 7.77. The minimum absolute atomic E-state index is 0.121. The summed E-state index contributed by atoms with van der Waals surface area (Å²) in [6.07, 6.45) is -3.93. The summed E-state index contributed by atoms with van der Waals surface area (Å²) in [6.45, 7) is -3.02.